The van der Waals surface area contributed by atoms with Crippen molar-refractivity contribution >= 4 is 33.7 Å². The van der Waals surface area contributed by atoms with Gasteiger partial charge in [-0.05, 0) is 49.2 Å². The maximum absolute atomic E-state index is 12.0. The van der Waals surface area contributed by atoms with Gasteiger partial charge in [-0.25, -0.2) is 4.98 Å². The van der Waals surface area contributed by atoms with Crippen LogP contribution in [0.25, 0.3) is 21.0 Å². The number of imidazole rings is 1. The van der Waals surface area contributed by atoms with Crippen LogP contribution in [0.15, 0.2) is 54.1 Å². The zero-order chi connectivity index (χ0) is 20.3. The molecule has 0 spiro atoms. The maximum atomic E-state index is 12.0. The Labute approximate surface area is 171 Å². The standard InChI is InChI=1S/C21H22N2O3S2/c1-5-26-21(24)12-19-22-17(14(2)3)13-23(19)20-10-9-18(27-20)15-7-6-8-16(11-15)28(4)25/h6-11,13H,2,5,12H2,1,3-4H3. The Morgan fingerprint density at radius 2 is 2.11 bits per heavy atom. The van der Waals surface area contributed by atoms with Crippen LogP contribution in [0.5, 0.6) is 0 Å². The van der Waals surface area contributed by atoms with Crippen LogP contribution in [0.3, 0.4) is 0 Å². The number of thiophene rings is 1. The SMILES string of the molecule is C=C(C)c1cn(-c2ccc(-c3cccc(S(C)=O)c3)s2)c(CC(=O)OCC)n1. The van der Waals surface area contributed by atoms with E-state index in [0.717, 1.165) is 31.6 Å². The van der Waals surface area contributed by atoms with Crippen molar-refractivity contribution in [3.63, 3.8) is 0 Å². The van der Waals surface area contributed by atoms with Crippen molar-refractivity contribution in [1.29, 1.82) is 0 Å². The lowest BCUT2D eigenvalue weighted by atomic mass is 10.2. The molecule has 0 aliphatic rings. The van der Waals surface area contributed by atoms with Gasteiger partial charge in [0.05, 0.1) is 12.3 Å². The first-order valence-corrected chi connectivity index (χ1v) is 11.2. The van der Waals surface area contributed by atoms with E-state index in [1.165, 1.54) is 0 Å². The molecule has 1 aromatic carbocycles. The predicted octanol–water partition coefficient (Wildman–Crippen LogP) is 4.48. The number of rotatable bonds is 7. The van der Waals surface area contributed by atoms with Gasteiger partial charge in [0, 0.05) is 33.0 Å². The minimum Gasteiger partial charge on any atom is -0.466 e. The van der Waals surface area contributed by atoms with Gasteiger partial charge in [0.1, 0.15) is 17.2 Å². The summed E-state index contributed by atoms with van der Waals surface area (Å²) in [7, 11) is -1.03. The molecule has 0 bridgehead atoms. The van der Waals surface area contributed by atoms with Crippen LogP contribution >= 0.6 is 11.3 Å². The van der Waals surface area contributed by atoms with E-state index >= 15 is 0 Å². The summed E-state index contributed by atoms with van der Waals surface area (Å²) in [6.07, 6.45) is 3.66. The average molecular weight is 415 g/mol. The lowest BCUT2D eigenvalue weighted by Gasteiger charge is -2.05. The largest absolute Gasteiger partial charge is 0.466 e. The molecule has 3 aromatic rings. The van der Waals surface area contributed by atoms with Crippen molar-refractivity contribution in [1.82, 2.24) is 9.55 Å². The summed E-state index contributed by atoms with van der Waals surface area (Å²) in [5, 5.41) is 0.942. The summed E-state index contributed by atoms with van der Waals surface area (Å²) in [4.78, 5) is 18.4. The Hall–Kier alpha value is -2.51. The number of hydrogen-bond donors (Lipinski definition) is 0. The van der Waals surface area contributed by atoms with E-state index in [2.05, 4.69) is 11.6 Å². The highest BCUT2D eigenvalue weighted by atomic mass is 32.2. The van der Waals surface area contributed by atoms with Gasteiger partial charge in [0.15, 0.2) is 0 Å². The normalized spacial score (nSPS) is 12.0. The number of carbonyl (C=O) groups is 1. The molecule has 1 unspecified atom stereocenters. The summed E-state index contributed by atoms with van der Waals surface area (Å²) >= 11 is 1.58. The Bertz CT molecular complexity index is 1050. The second-order valence-electron chi connectivity index (χ2n) is 6.29. The highest BCUT2D eigenvalue weighted by molar-refractivity contribution is 7.84. The van der Waals surface area contributed by atoms with E-state index in [1.807, 2.05) is 54.1 Å². The van der Waals surface area contributed by atoms with Gasteiger partial charge in [0.2, 0.25) is 0 Å². The van der Waals surface area contributed by atoms with Gasteiger partial charge in [-0.15, -0.1) is 11.3 Å². The predicted molar refractivity (Wildman–Crippen MR) is 114 cm³/mol. The average Bonchev–Trinajstić information content (AvgIpc) is 3.29. The third kappa shape index (κ3) is 4.48. The quantitative estimate of drug-likeness (QED) is 0.535. The molecular weight excluding hydrogens is 392 g/mol. The number of allylic oxidation sites excluding steroid dienone is 1. The number of aromatic nitrogens is 2. The van der Waals surface area contributed by atoms with Crippen LogP contribution in [0.2, 0.25) is 0 Å². The van der Waals surface area contributed by atoms with Crippen LogP contribution in [-0.2, 0) is 26.8 Å². The third-order valence-electron chi connectivity index (χ3n) is 4.10. The topological polar surface area (TPSA) is 61.2 Å². The van der Waals surface area contributed by atoms with Crippen LogP contribution in [-0.4, -0.2) is 32.6 Å². The molecular formula is C21H22N2O3S2. The first-order valence-electron chi connectivity index (χ1n) is 8.83. The second kappa shape index (κ2) is 8.67. The smallest absolute Gasteiger partial charge is 0.313 e. The lowest BCUT2D eigenvalue weighted by molar-refractivity contribution is -0.142. The van der Waals surface area contributed by atoms with Gasteiger partial charge in [0.25, 0.3) is 0 Å². The molecule has 146 valence electrons. The molecule has 0 aliphatic heterocycles. The van der Waals surface area contributed by atoms with Crippen molar-refractivity contribution in [2.45, 2.75) is 25.2 Å². The van der Waals surface area contributed by atoms with Crippen LogP contribution in [0.1, 0.15) is 25.4 Å². The van der Waals surface area contributed by atoms with Gasteiger partial charge < -0.3 is 4.74 Å². The number of esters is 1. The summed E-state index contributed by atoms with van der Waals surface area (Å²) in [6, 6.07) is 11.7. The minimum atomic E-state index is -1.03. The number of nitrogens with zero attached hydrogens (tertiary/aromatic N) is 2. The van der Waals surface area contributed by atoms with E-state index in [1.54, 1.807) is 24.5 Å². The molecule has 5 nitrogen and oxygen atoms in total. The molecule has 7 heteroatoms. The van der Waals surface area contributed by atoms with E-state index in [-0.39, 0.29) is 12.4 Å². The molecule has 0 fully saturated rings. The molecule has 0 aliphatic carbocycles. The Morgan fingerprint density at radius 3 is 2.79 bits per heavy atom. The molecule has 0 N–H and O–H groups in total. The van der Waals surface area contributed by atoms with Crippen molar-refractivity contribution < 1.29 is 13.7 Å². The molecule has 0 radical (unpaired) electrons. The molecule has 2 aromatic heterocycles. The number of ether oxygens (including phenoxy) is 1. The van der Waals surface area contributed by atoms with Crippen molar-refractivity contribution in [2.24, 2.45) is 0 Å². The Morgan fingerprint density at radius 1 is 1.32 bits per heavy atom. The zero-order valence-electron chi connectivity index (χ0n) is 16.1. The van der Waals surface area contributed by atoms with Gasteiger partial charge in [-0.2, -0.15) is 0 Å². The van der Waals surface area contributed by atoms with Gasteiger partial charge in [-0.3, -0.25) is 13.6 Å². The fourth-order valence-corrected chi connectivity index (χ4v) is 4.28. The molecule has 28 heavy (non-hydrogen) atoms. The third-order valence-corrected chi connectivity index (χ3v) is 6.16. The summed E-state index contributed by atoms with van der Waals surface area (Å²) in [5.74, 6) is 0.311. The number of carbonyl (C=O) groups excluding carboxylic acids is 1. The fourth-order valence-electron chi connectivity index (χ4n) is 2.72. The lowest BCUT2D eigenvalue weighted by Crippen LogP contribution is -2.11. The summed E-state index contributed by atoms with van der Waals surface area (Å²) in [5.41, 5.74) is 2.59. The maximum Gasteiger partial charge on any atom is 0.313 e. The summed E-state index contributed by atoms with van der Waals surface area (Å²) < 4.78 is 18.8. The first kappa shape index (κ1) is 20.2. The highest BCUT2D eigenvalue weighted by Crippen LogP contribution is 2.32. The van der Waals surface area contributed by atoms with Crippen molar-refractivity contribution in [3.8, 4) is 15.4 Å². The van der Waals surface area contributed by atoms with Gasteiger partial charge >= 0.3 is 5.97 Å². The minimum absolute atomic E-state index is 0.0959. The zero-order valence-corrected chi connectivity index (χ0v) is 17.7. The van der Waals surface area contributed by atoms with Crippen LogP contribution in [0, 0.1) is 0 Å². The Balaban J connectivity index is 1.98. The highest BCUT2D eigenvalue weighted by Gasteiger charge is 2.16. The van der Waals surface area contributed by atoms with E-state index in [0.29, 0.717) is 12.4 Å². The van der Waals surface area contributed by atoms with Crippen LogP contribution < -0.4 is 0 Å². The molecule has 1 atom stereocenters. The fraction of sp³-hybridized carbons (Fsp3) is 0.238. The molecule has 2 heterocycles. The number of hydrogen-bond acceptors (Lipinski definition) is 5. The molecule has 0 amide bonds. The van der Waals surface area contributed by atoms with E-state index < -0.39 is 10.8 Å². The van der Waals surface area contributed by atoms with Crippen LogP contribution in [0.4, 0.5) is 0 Å². The summed E-state index contributed by atoms with van der Waals surface area (Å²) in [6.45, 7) is 7.96. The molecule has 0 saturated heterocycles. The monoisotopic (exact) mass is 414 g/mol. The van der Waals surface area contributed by atoms with E-state index in [9.17, 15) is 9.00 Å². The van der Waals surface area contributed by atoms with Gasteiger partial charge in [-0.1, -0.05) is 18.7 Å². The van der Waals surface area contributed by atoms with Crippen molar-refractivity contribution in [2.75, 3.05) is 12.9 Å². The van der Waals surface area contributed by atoms with E-state index in [4.69, 9.17) is 4.74 Å². The molecule has 0 saturated carbocycles. The second-order valence-corrected chi connectivity index (χ2v) is 8.74. The van der Waals surface area contributed by atoms with Crippen molar-refractivity contribution in [3.05, 3.63) is 60.7 Å². The Kier molecular flexibility index (Phi) is 6.26. The first-order chi connectivity index (χ1) is 13.4. The number of benzene rings is 1. The molecule has 3 rings (SSSR count).